The standard InChI is InChI=1S/C7H12N2O.CH4O/c1-5(8)7(4-10)6(2)9-3;1-2/h4H,8H2,1-3H3;2H,1H3/b7-5-,9-6?;. The topological polar surface area (TPSA) is 75.7 Å². The van der Waals surface area contributed by atoms with Gasteiger partial charge in [-0.2, -0.15) is 0 Å². The Kier molecular flexibility index (Phi) is 8.89. The van der Waals surface area contributed by atoms with Gasteiger partial charge in [0.1, 0.15) is 0 Å². The Morgan fingerprint density at radius 2 is 1.83 bits per heavy atom. The molecule has 0 atom stereocenters. The molecule has 0 amide bonds. The average molecular weight is 172 g/mol. The molecular formula is C8H16N2O2. The van der Waals surface area contributed by atoms with Gasteiger partial charge in [0, 0.05) is 25.6 Å². The summed E-state index contributed by atoms with van der Waals surface area (Å²) < 4.78 is 0. The smallest absolute Gasteiger partial charge is 0.153 e. The number of aldehydes is 1. The van der Waals surface area contributed by atoms with Crippen molar-refractivity contribution in [2.45, 2.75) is 13.8 Å². The lowest BCUT2D eigenvalue weighted by molar-refractivity contribution is -0.104. The Morgan fingerprint density at radius 3 is 1.92 bits per heavy atom. The number of allylic oxidation sites excluding steroid dienone is 2. The van der Waals surface area contributed by atoms with Gasteiger partial charge in [-0.1, -0.05) is 0 Å². The molecule has 0 fully saturated rings. The predicted octanol–water partition coefficient (Wildman–Crippen LogP) is 0.117. The highest BCUT2D eigenvalue weighted by Gasteiger charge is 2.00. The second-order valence-electron chi connectivity index (χ2n) is 2.02. The van der Waals surface area contributed by atoms with Gasteiger partial charge >= 0.3 is 0 Å². The highest BCUT2D eigenvalue weighted by Crippen LogP contribution is 1.97. The van der Waals surface area contributed by atoms with Crippen LogP contribution in [0.3, 0.4) is 0 Å². The third kappa shape index (κ3) is 4.62. The summed E-state index contributed by atoms with van der Waals surface area (Å²) in [6.45, 7) is 3.43. The van der Waals surface area contributed by atoms with Crippen LogP contribution in [0.2, 0.25) is 0 Å². The van der Waals surface area contributed by atoms with Crippen molar-refractivity contribution in [1.82, 2.24) is 0 Å². The first-order chi connectivity index (χ1) is 5.63. The van der Waals surface area contributed by atoms with Gasteiger partial charge < -0.3 is 10.8 Å². The minimum atomic E-state index is 0.488. The molecule has 3 N–H and O–H groups in total. The quantitative estimate of drug-likeness (QED) is 0.353. The Bertz CT molecular complexity index is 191. The number of aliphatic imine (C=N–C) groups is 1. The summed E-state index contributed by atoms with van der Waals surface area (Å²) in [4.78, 5) is 14.2. The van der Waals surface area contributed by atoms with Crippen LogP contribution < -0.4 is 5.73 Å². The van der Waals surface area contributed by atoms with E-state index in [-0.39, 0.29) is 0 Å². The number of rotatable bonds is 2. The highest BCUT2D eigenvalue weighted by atomic mass is 16.2. The second kappa shape index (κ2) is 7.94. The fourth-order valence-electron chi connectivity index (χ4n) is 0.584. The van der Waals surface area contributed by atoms with E-state index < -0.39 is 0 Å². The van der Waals surface area contributed by atoms with E-state index in [0.717, 1.165) is 13.4 Å². The Morgan fingerprint density at radius 1 is 1.42 bits per heavy atom. The fourth-order valence-corrected chi connectivity index (χ4v) is 0.584. The van der Waals surface area contributed by atoms with Crippen molar-refractivity contribution < 1.29 is 9.90 Å². The van der Waals surface area contributed by atoms with Crippen LogP contribution in [0.1, 0.15) is 13.8 Å². The minimum absolute atomic E-state index is 0.488. The Hall–Kier alpha value is -1.16. The molecule has 0 aliphatic rings. The first-order valence-corrected chi connectivity index (χ1v) is 3.43. The van der Waals surface area contributed by atoms with Crippen molar-refractivity contribution in [1.29, 1.82) is 0 Å². The maximum absolute atomic E-state index is 10.3. The molecule has 0 unspecified atom stereocenters. The minimum Gasteiger partial charge on any atom is -0.402 e. The van der Waals surface area contributed by atoms with Crippen LogP contribution >= 0.6 is 0 Å². The molecule has 4 heteroatoms. The molecule has 0 spiro atoms. The average Bonchev–Trinajstić information content (AvgIpc) is 2.08. The van der Waals surface area contributed by atoms with Crippen LogP contribution in [0.25, 0.3) is 0 Å². The van der Waals surface area contributed by atoms with E-state index in [1.54, 1.807) is 20.9 Å². The normalized spacial score (nSPS) is 12.6. The van der Waals surface area contributed by atoms with Crippen LogP contribution in [0.4, 0.5) is 0 Å². The summed E-state index contributed by atoms with van der Waals surface area (Å²) in [6.07, 6.45) is 0.720. The summed E-state index contributed by atoms with van der Waals surface area (Å²) in [7, 11) is 2.63. The van der Waals surface area contributed by atoms with Gasteiger partial charge in [0.15, 0.2) is 6.29 Å². The number of carbonyl (C=O) groups is 1. The van der Waals surface area contributed by atoms with Crippen LogP contribution in [-0.2, 0) is 4.79 Å². The van der Waals surface area contributed by atoms with E-state index in [1.165, 1.54) is 0 Å². The summed E-state index contributed by atoms with van der Waals surface area (Å²) >= 11 is 0. The van der Waals surface area contributed by atoms with Gasteiger partial charge in [-0.25, -0.2) is 0 Å². The third-order valence-electron chi connectivity index (χ3n) is 1.27. The fraction of sp³-hybridized carbons (Fsp3) is 0.500. The maximum atomic E-state index is 10.3. The molecule has 0 bridgehead atoms. The van der Waals surface area contributed by atoms with Crippen LogP contribution in [0.5, 0.6) is 0 Å². The van der Waals surface area contributed by atoms with Gasteiger partial charge in [0.25, 0.3) is 0 Å². The van der Waals surface area contributed by atoms with E-state index in [1.807, 2.05) is 0 Å². The number of aliphatic hydroxyl groups is 1. The van der Waals surface area contributed by atoms with Crippen molar-refractivity contribution in [3.63, 3.8) is 0 Å². The van der Waals surface area contributed by atoms with E-state index in [9.17, 15) is 4.79 Å². The zero-order chi connectivity index (χ0) is 10.1. The van der Waals surface area contributed by atoms with Crippen molar-refractivity contribution in [2.24, 2.45) is 10.7 Å². The maximum Gasteiger partial charge on any atom is 0.153 e. The number of aliphatic hydroxyl groups excluding tert-OH is 1. The largest absolute Gasteiger partial charge is 0.402 e. The van der Waals surface area contributed by atoms with E-state index >= 15 is 0 Å². The Balaban J connectivity index is 0. The van der Waals surface area contributed by atoms with Crippen LogP contribution in [-0.4, -0.2) is 31.3 Å². The molecule has 70 valence electrons. The molecule has 0 aromatic rings. The molecule has 0 aliphatic heterocycles. The monoisotopic (exact) mass is 172 g/mol. The molecule has 0 aromatic carbocycles. The number of carbonyl (C=O) groups excluding carboxylic acids is 1. The number of nitrogens with zero attached hydrogens (tertiary/aromatic N) is 1. The lowest BCUT2D eigenvalue weighted by Crippen LogP contribution is -2.07. The van der Waals surface area contributed by atoms with Gasteiger partial charge in [-0.15, -0.1) is 0 Å². The molecule has 0 aliphatic carbocycles. The Labute approximate surface area is 72.8 Å². The molecule has 0 heterocycles. The first-order valence-electron chi connectivity index (χ1n) is 3.43. The zero-order valence-corrected chi connectivity index (χ0v) is 7.96. The SMILES string of the molecule is CN=C(C)/C(C=O)=C(/C)N.CO. The van der Waals surface area contributed by atoms with Crippen molar-refractivity contribution in [2.75, 3.05) is 14.2 Å². The number of nitrogens with two attached hydrogens (primary N) is 1. The first kappa shape index (κ1) is 13.4. The molecule has 0 rings (SSSR count). The van der Waals surface area contributed by atoms with Gasteiger partial charge in [-0.3, -0.25) is 9.79 Å². The van der Waals surface area contributed by atoms with Crippen molar-refractivity contribution >= 4 is 12.0 Å². The van der Waals surface area contributed by atoms with Gasteiger partial charge in [0.05, 0.1) is 5.57 Å². The molecule has 0 radical (unpaired) electrons. The molecule has 12 heavy (non-hydrogen) atoms. The number of hydrogen-bond donors (Lipinski definition) is 2. The van der Waals surface area contributed by atoms with Crippen molar-refractivity contribution in [3.05, 3.63) is 11.3 Å². The van der Waals surface area contributed by atoms with Gasteiger partial charge in [0.2, 0.25) is 0 Å². The summed E-state index contributed by atoms with van der Waals surface area (Å²) in [5, 5.41) is 7.00. The highest BCUT2D eigenvalue weighted by molar-refractivity contribution is 6.14. The van der Waals surface area contributed by atoms with E-state index in [4.69, 9.17) is 10.8 Å². The van der Waals surface area contributed by atoms with Crippen LogP contribution in [0, 0.1) is 0 Å². The summed E-state index contributed by atoms with van der Waals surface area (Å²) in [6, 6.07) is 0. The molecule has 0 aromatic heterocycles. The molecular weight excluding hydrogens is 156 g/mol. The lowest BCUT2D eigenvalue weighted by atomic mass is 10.1. The summed E-state index contributed by atoms with van der Waals surface area (Å²) in [5.74, 6) is 0. The van der Waals surface area contributed by atoms with E-state index in [2.05, 4.69) is 4.99 Å². The predicted molar refractivity (Wildman–Crippen MR) is 50.1 cm³/mol. The zero-order valence-electron chi connectivity index (χ0n) is 7.96. The molecule has 4 nitrogen and oxygen atoms in total. The van der Waals surface area contributed by atoms with Gasteiger partial charge in [-0.05, 0) is 13.8 Å². The molecule has 0 saturated carbocycles. The van der Waals surface area contributed by atoms with Crippen LogP contribution in [0.15, 0.2) is 16.3 Å². The summed E-state index contributed by atoms with van der Waals surface area (Å²) in [5.41, 5.74) is 7.07. The second-order valence-corrected chi connectivity index (χ2v) is 2.02. The van der Waals surface area contributed by atoms with Crippen molar-refractivity contribution in [3.8, 4) is 0 Å². The lowest BCUT2D eigenvalue weighted by Gasteiger charge is -1.98. The molecule has 0 saturated heterocycles. The van der Waals surface area contributed by atoms with E-state index in [0.29, 0.717) is 17.0 Å². The third-order valence-corrected chi connectivity index (χ3v) is 1.27. The number of hydrogen-bond acceptors (Lipinski definition) is 4.